The highest BCUT2D eigenvalue weighted by molar-refractivity contribution is 8.26. The van der Waals surface area contributed by atoms with Gasteiger partial charge < -0.3 is 0 Å². The first-order chi connectivity index (χ1) is 11.1. The van der Waals surface area contributed by atoms with Gasteiger partial charge in [0.2, 0.25) is 0 Å². The predicted molar refractivity (Wildman–Crippen MR) is 92.2 cm³/mol. The average Bonchev–Trinajstić information content (AvgIpc) is 2.84. The van der Waals surface area contributed by atoms with Gasteiger partial charge in [-0.2, -0.15) is 0 Å². The van der Waals surface area contributed by atoms with Crippen LogP contribution in [-0.2, 0) is 4.79 Å². The molecule has 0 aromatic heterocycles. The number of hydrogen-bond donors (Lipinski definition) is 0. The van der Waals surface area contributed by atoms with Gasteiger partial charge in [0, 0.05) is 5.56 Å². The SMILES string of the molecule is O=C1/C(=C\c2ccc(F)cc2)SC(=S)N1C(=O)c1ccccc1. The number of halogens is 1. The number of thioether (sulfide) groups is 1. The van der Waals surface area contributed by atoms with Crippen molar-refractivity contribution < 1.29 is 14.0 Å². The second-order valence-electron chi connectivity index (χ2n) is 4.74. The highest BCUT2D eigenvalue weighted by atomic mass is 32.2. The lowest BCUT2D eigenvalue weighted by molar-refractivity contribution is -0.120. The predicted octanol–water partition coefficient (Wildman–Crippen LogP) is 3.87. The van der Waals surface area contributed by atoms with E-state index in [4.69, 9.17) is 12.2 Å². The van der Waals surface area contributed by atoms with E-state index in [1.807, 2.05) is 0 Å². The van der Waals surface area contributed by atoms with Gasteiger partial charge in [-0.15, -0.1) is 0 Å². The third-order valence-corrected chi connectivity index (χ3v) is 4.49. The lowest BCUT2D eigenvalue weighted by Gasteiger charge is -2.12. The molecule has 0 atom stereocenters. The summed E-state index contributed by atoms with van der Waals surface area (Å²) in [7, 11) is 0. The van der Waals surface area contributed by atoms with Crippen LogP contribution in [-0.4, -0.2) is 21.0 Å². The zero-order valence-corrected chi connectivity index (χ0v) is 13.4. The van der Waals surface area contributed by atoms with Gasteiger partial charge in [-0.05, 0) is 35.9 Å². The number of hydrogen-bond acceptors (Lipinski definition) is 4. The van der Waals surface area contributed by atoms with E-state index in [1.54, 1.807) is 48.5 Å². The molecule has 0 N–H and O–H groups in total. The van der Waals surface area contributed by atoms with E-state index in [-0.39, 0.29) is 10.1 Å². The summed E-state index contributed by atoms with van der Waals surface area (Å²) >= 11 is 6.21. The maximum atomic E-state index is 12.9. The van der Waals surface area contributed by atoms with Gasteiger partial charge in [-0.25, -0.2) is 9.29 Å². The minimum absolute atomic E-state index is 0.192. The Kier molecular flexibility index (Phi) is 4.36. The van der Waals surface area contributed by atoms with Gasteiger partial charge in [-0.1, -0.05) is 54.3 Å². The molecular formula is C17H10FNO2S2. The fourth-order valence-corrected chi connectivity index (χ4v) is 3.32. The van der Waals surface area contributed by atoms with Gasteiger partial charge in [-0.3, -0.25) is 9.59 Å². The molecule has 0 unspecified atom stereocenters. The van der Waals surface area contributed by atoms with Gasteiger partial charge in [0.05, 0.1) is 4.91 Å². The smallest absolute Gasteiger partial charge is 0.268 e. The molecule has 1 heterocycles. The van der Waals surface area contributed by atoms with E-state index in [0.29, 0.717) is 16.0 Å². The molecule has 2 aromatic carbocycles. The van der Waals surface area contributed by atoms with Gasteiger partial charge in [0.1, 0.15) is 5.82 Å². The summed E-state index contributed by atoms with van der Waals surface area (Å²) in [5.41, 5.74) is 1.06. The minimum atomic E-state index is -0.460. The van der Waals surface area contributed by atoms with Crippen LogP contribution in [0, 0.1) is 5.82 Å². The normalized spacial score (nSPS) is 16.2. The van der Waals surface area contributed by atoms with Crippen molar-refractivity contribution in [3.8, 4) is 0 Å². The first-order valence-electron chi connectivity index (χ1n) is 6.69. The summed E-state index contributed by atoms with van der Waals surface area (Å²) < 4.78 is 13.1. The van der Waals surface area contributed by atoms with E-state index < -0.39 is 11.8 Å². The molecule has 2 amide bonds. The molecule has 23 heavy (non-hydrogen) atoms. The van der Waals surface area contributed by atoms with Crippen molar-refractivity contribution in [2.75, 3.05) is 0 Å². The van der Waals surface area contributed by atoms with E-state index in [1.165, 1.54) is 12.1 Å². The number of carbonyl (C=O) groups excluding carboxylic acids is 2. The summed E-state index contributed by atoms with van der Waals surface area (Å²) in [6.45, 7) is 0. The monoisotopic (exact) mass is 343 g/mol. The number of carbonyl (C=O) groups is 2. The number of imide groups is 1. The van der Waals surface area contributed by atoms with Crippen molar-refractivity contribution in [2.45, 2.75) is 0 Å². The molecule has 1 fully saturated rings. The second kappa shape index (κ2) is 6.44. The van der Waals surface area contributed by atoms with Gasteiger partial charge in [0.15, 0.2) is 4.32 Å². The zero-order valence-electron chi connectivity index (χ0n) is 11.7. The lowest BCUT2D eigenvalue weighted by Crippen LogP contribution is -2.34. The first kappa shape index (κ1) is 15.6. The van der Waals surface area contributed by atoms with Crippen LogP contribution in [0.5, 0.6) is 0 Å². The van der Waals surface area contributed by atoms with Crippen molar-refractivity contribution in [1.82, 2.24) is 4.90 Å². The fraction of sp³-hybridized carbons (Fsp3) is 0. The number of amides is 2. The third-order valence-electron chi connectivity index (χ3n) is 3.19. The molecule has 114 valence electrons. The van der Waals surface area contributed by atoms with Crippen LogP contribution in [0.4, 0.5) is 4.39 Å². The van der Waals surface area contributed by atoms with Crippen LogP contribution in [0.15, 0.2) is 59.5 Å². The number of benzene rings is 2. The molecule has 6 heteroatoms. The molecule has 0 saturated carbocycles. The van der Waals surface area contributed by atoms with Crippen molar-refractivity contribution >= 4 is 46.2 Å². The number of nitrogens with zero attached hydrogens (tertiary/aromatic N) is 1. The molecular weight excluding hydrogens is 333 g/mol. The quantitative estimate of drug-likeness (QED) is 0.471. The maximum absolute atomic E-state index is 12.9. The third kappa shape index (κ3) is 3.23. The van der Waals surface area contributed by atoms with Crippen LogP contribution in [0.25, 0.3) is 6.08 Å². The molecule has 0 aliphatic carbocycles. The molecule has 0 spiro atoms. The largest absolute Gasteiger partial charge is 0.273 e. The Morgan fingerprint density at radius 1 is 1.09 bits per heavy atom. The Bertz CT molecular complexity index is 816. The summed E-state index contributed by atoms with van der Waals surface area (Å²) in [6, 6.07) is 14.2. The van der Waals surface area contributed by atoms with Crippen LogP contribution >= 0.6 is 24.0 Å². The average molecular weight is 343 g/mol. The van der Waals surface area contributed by atoms with Crippen molar-refractivity contribution in [1.29, 1.82) is 0 Å². The maximum Gasteiger partial charge on any atom is 0.273 e. The molecule has 3 rings (SSSR count). The zero-order chi connectivity index (χ0) is 16.4. The highest BCUT2D eigenvalue weighted by Crippen LogP contribution is 2.33. The first-order valence-corrected chi connectivity index (χ1v) is 7.91. The number of thiocarbonyl (C=S) groups is 1. The van der Waals surface area contributed by atoms with Crippen LogP contribution in [0.1, 0.15) is 15.9 Å². The number of rotatable bonds is 2. The molecule has 2 aromatic rings. The van der Waals surface area contributed by atoms with Crippen LogP contribution in [0.2, 0.25) is 0 Å². The molecule has 1 aliphatic rings. The highest BCUT2D eigenvalue weighted by Gasteiger charge is 2.37. The van der Waals surface area contributed by atoms with Gasteiger partial charge in [0.25, 0.3) is 11.8 Å². The second-order valence-corrected chi connectivity index (χ2v) is 6.42. The molecule has 0 bridgehead atoms. The Morgan fingerprint density at radius 3 is 2.39 bits per heavy atom. The van der Waals surface area contributed by atoms with Crippen LogP contribution in [0.3, 0.4) is 0 Å². The van der Waals surface area contributed by atoms with Crippen molar-refractivity contribution in [3.05, 3.63) is 76.4 Å². The Balaban J connectivity index is 1.88. The topological polar surface area (TPSA) is 37.4 Å². The molecule has 1 saturated heterocycles. The Morgan fingerprint density at radius 2 is 1.74 bits per heavy atom. The summed E-state index contributed by atoms with van der Waals surface area (Å²) in [5, 5.41) is 0. The van der Waals surface area contributed by atoms with E-state index in [2.05, 4.69) is 0 Å². The van der Waals surface area contributed by atoms with Crippen LogP contribution < -0.4 is 0 Å². The Hall–Kier alpha value is -2.31. The molecule has 0 radical (unpaired) electrons. The Labute approximate surface area is 141 Å². The fourth-order valence-electron chi connectivity index (χ4n) is 2.06. The van der Waals surface area contributed by atoms with Crippen molar-refractivity contribution in [3.63, 3.8) is 0 Å². The summed E-state index contributed by atoms with van der Waals surface area (Å²) in [6.07, 6.45) is 1.59. The standard InChI is InChI=1S/C17H10FNO2S2/c18-13-8-6-11(7-9-13)10-14-16(21)19(17(22)23-14)15(20)12-4-2-1-3-5-12/h1-10H/b14-10+. The molecule has 1 aliphatic heterocycles. The lowest BCUT2D eigenvalue weighted by atomic mass is 10.2. The van der Waals surface area contributed by atoms with E-state index >= 15 is 0 Å². The van der Waals surface area contributed by atoms with Gasteiger partial charge >= 0.3 is 0 Å². The van der Waals surface area contributed by atoms with Crippen molar-refractivity contribution in [2.24, 2.45) is 0 Å². The van der Waals surface area contributed by atoms with E-state index in [0.717, 1.165) is 16.7 Å². The summed E-state index contributed by atoms with van der Waals surface area (Å²) in [4.78, 5) is 26.2. The van der Waals surface area contributed by atoms with E-state index in [9.17, 15) is 14.0 Å². The molecule has 3 nitrogen and oxygen atoms in total. The minimum Gasteiger partial charge on any atom is -0.268 e. The summed E-state index contributed by atoms with van der Waals surface area (Å²) in [5.74, 6) is -1.26.